The van der Waals surface area contributed by atoms with Crippen molar-refractivity contribution in [1.29, 1.82) is 0 Å². The van der Waals surface area contributed by atoms with Crippen molar-refractivity contribution in [2.75, 3.05) is 0 Å². The molecule has 3 nitrogen and oxygen atoms in total. The average Bonchev–Trinajstić information content (AvgIpc) is 2.31. The van der Waals surface area contributed by atoms with Gasteiger partial charge in [-0.1, -0.05) is 6.42 Å². The first-order chi connectivity index (χ1) is 5.18. The summed E-state index contributed by atoms with van der Waals surface area (Å²) in [5.74, 6) is 0.631. The van der Waals surface area contributed by atoms with E-state index in [0.29, 0.717) is 18.3 Å². The Morgan fingerprint density at radius 3 is 2.55 bits per heavy atom. The summed E-state index contributed by atoms with van der Waals surface area (Å²) in [6.07, 6.45) is 4.73. The van der Waals surface area contributed by atoms with E-state index < -0.39 is 7.12 Å². The Labute approximate surface area is 67.7 Å². The highest BCUT2D eigenvalue weighted by Crippen LogP contribution is 2.28. The minimum absolute atomic E-state index is 0.357. The van der Waals surface area contributed by atoms with Crippen LogP contribution in [0.3, 0.4) is 0 Å². The minimum Gasteiger partial charge on any atom is -0.427 e. The molecule has 1 rings (SSSR count). The zero-order valence-electron chi connectivity index (χ0n) is 6.74. The molecule has 0 radical (unpaired) electrons. The predicted molar refractivity (Wildman–Crippen MR) is 44.9 cm³/mol. The molecule has 1 aliphatic rings. The molecule has 0 aromatic heterocycles. The maximum atomic E-state index is 8.60. The van der Waals surface area contributed by atoms with Crippen LogP contribution in [0.2, 0.25) is 6.32 Å². The van der Waals surface area contributed by atoms with E-state index in [4.69, 9.17) is 15.8 Å². The molecule has 1 fully saturated rings. The van der Waals surface area contributed by atoms with Gasteiger partial charge >= 0.3 is 7.12 Å². The first-order valence-electron chi connectivity index (χ1n) is 4.30. The molecule has 2 unspecified atom stereocenters. The van der Waals surface area contributed by atoms with Crippen LogP contribution < -0.4 is 5.73 Å². The SMILES string of the molecule is NC1CCC(CCB(O)O)C1. The van der Waals surface area contributed by atoms with Crippen LogP contribution in [0.15, 0.2) is 0 Å². The van der Waals surface area contributed by atoms with Crippen LogP contribution in [0, 0.1) is 5.92 Å². The lowest BCUT2D eigenvalue weighted by Crippen LogP contribution is -2.16. The smallest absolute Gasteiger partial charge is 0.427 e. The van der Waals surface area contributed by atoms with Crippen molar-refractivity contribution in [3.63, 3.8) is 0 Å². The van der Waals surface area contributed by atoms with E-state index in [1.807, 2.05) is 0 Å². The highest BCUT2D eigenvalue weighted by Gasteiger charge is 2.22. The summed E-state index contributed by atoms with van der Waals surface area (Å²) in [5.41, 5.74) is 5.71. The van der Waals surface area contributed by atoms with Gasteiger partial charge in [-0.2, -0.15) is 0 Å². The summed E-state index contributed by atoms with van der Waals surface area (Å²) >= 11 is 0. The fraction of sp³-hybridized carbons (Fsp3) is 1.00. The molecule has 1 aliphatic carbocycles. The fourth-order valence-corrected chi connectivity index (χ4v) is 1.76. The van der Waals surface area contributed by atoms with E-state index >= 15 is 0 Å². The van der Waals surface area contributed by atoms with Crippen LogP contribution >= 0.6 is 0 Å². The third-order valence-corrected chi connectivity index (χ3v) is 2.41. The molecule has 0 spiro atoms. The summed E-state index contributed by atoms with van der Waals surface area (Å²) in [6, 6.07) is 0.357. The number of hydrogen-bond donors (Lipinski definition) is 3. The highest BCUT2D eigenvalue weighted by atomic mass is 16.4. The second kappa shape index (κ2) is 4.09. The van der Waals surface area contributed by atoms with Crippen molar-refractivity contribution in [2.45, 2.75) is 38.0 Å². The standard InChI is InChI=1S/C7H16BNO2/c9-7-2-1-6(5-7)3-4-8(10)11/h6-7,10-11H,1-5,9H2. The average molecular weight is 157 g/mol. The Kier molecular flexibility index (Phi) is 3.36. The minimum atomic E-state index is -1.13. The maximum absolute atomic E-state index is 8.60. The summed E-state index contributed by atoms with van der Waals surface area (Å²) in [4.78, 5) is 0. The first-order valence-corrected chi connectivity index (χ1v) is 4.30. The van der Waals surface area contributed by atoms with Crippen molar-refractivity contribution >= 4 is 7.12 Å². The third-order valence-electron chi connectivity index (χ3n) is 2.41. The van der Waals surface area contributed by atoms with Gasteiger partial charge in [-0.05, 0) is 31.5 Å². The van der Waals surface area contributed by atoms with Gasteiger partial charge in [-0.25, -0.2) is 0 Å². The van der Waals surface area contributed by atoms with Crippen molar-refractivity contribution in [3.8, 4) is 0 Å². The van der Waals surface area contributed by atoms with Crippen LogP contribution in [-0.2, 0) is 0 Å². The predicted octanol–water partition coefficient (Wildman–Crippen LogP) is -0.0233. The fourth-order valence-electron chi connectivity index (χ4n) is 1.76. The summed E-state index contributed by atoms with van der Waals surface area (Å²) in [7, 11) is -1.13. The van der Waals surface area contributed by atoms with E-state index in [1.54, 1.807) is 0 Å². The van der Waals surface area contributed by atoms with Crippen molar-refractivity contribution < 1.29 is 10.0 Å². The topological polar surface area (TPSA) is 66.5 Å². The molecule has 0 aliphatic heterocycles. The Hall–Kier alpha value is -0.0551. The molecule has 0 heterocycles. The monoisotopic (exact) mass is 157 g/mol. The first kappa shape index (κ1) is 9.04. The Morgan fingerprint density at radius 2 is 2.09 bits per heavy atom. The molecule has 0 bridgehead atoms. The molecule has 4 heteroatoms. The number of rotatable bonds is 3. The van der Waals surface area contributed by atoms with E-state index in [0.717, 1.165) is 25.7 Å². The summed E-state index contributed by atoms with van der Waals surface area (Å²) < 4.78 is 0. The van der Waals surface area contributed by atoms with E-state index in [1.165, 1.54) is 0 Å². The van der Waals surface area contributed by atoms with Crippen molar-refractivity contribution in [2.24, 2.45) is 11.7 Å². The summed E-state index contributed by atoms with van der Waals surface area (Å²) in [6.45, 7) is 0. The lowest BCUT2D eigenvalue weighted by Gasteiger charge is -2.07. The van der Waals surface area contributed by atoms with Crippen LogP contribution in [0.25, 0.3) is 0 Å². The van der Waals surface area contributed by atoms with E-state index in [2.05, 4.69) is 0 Å². The molecule has 2 atom stereocenters. The normalized spacial score (nSPS) is 30.8. The van der Waals surface area contributed by atoms with Crippen LogP contribution in [0.1, 0.15) is 25.7 Å². The van der Waals surface area contributed by atoms with Crippen molar-refractivity contribution in [3.05, 3.63) is 0 Å². The number of nitrogens with two attached hydrogens (primary N) is 1. The molecule has 0 aromatic carbocycles. The van der Waals surface area contributed by atoms with Crippen molar-refractivity contribution in [1.82, 2.24) is 0 Å². The molecule has 1 saturated carbocycles. The molecule has 0 aromatic rings. The molecular weight excluding hydrogens is 141 g/mol. The zero-order chi connectivity index (χ0) is 8.27. The van der Waals surface area contributed by atoms with Crippen LogP contribution in [-0.4, -0.2) is 23.2 Å². The Morgan fingerprint density at radius 1 is 1.36 bits per heavy atom. The maximum Gasteiger partial charge on any atom is 0.451 e. The largest absolute Gasteiger partial charge is 0.451 e. The molecule has 0 saturated heterocycles. The lowest BCUT2D eigenvalue weighted by atomic mass is 9.80. The second-order valence-electron chi connectivity index (χ2n) is 3.50. The molecule has 11 heavy (non-hydrogen) atoms. The molecule has 0 amide bonds. The quantitative estimate of drug-likeness (QED) is 0.504. The molecule has 4 N–H and O–H groups in total. The van der Waals surface area contributed by atoms with Gasteiger partial charge in [0.1, 0.15) is 0 Å². The van der Waals surface area contributed by atoms with Gasteiger partial charge in [-0.15, -0.1) is 0 Å². The Bertz CT molecular complexity index is 121. The zero-order valence-corrected chi connectivity index (χ0v) is 6.74. The highest BCUT2D eigenvalue weighted by molar-refractivity contribution is 6.40. The van der Waals surface area contributed by atoms with E-state index in [-0.39, 0.29) is 0 Å². The van der Waals surface area contributed by atoms with Gasteiger partial charge in [0.2, 0.25) is 0 Å². The van der Waals surface area contributed by atoms with Gasteiger partial charge in [0, 0.05) is 6.04 Å². The third kappa shape index (κ3) is 3.23. The van der Waals surface area contributed by atoms with Gasteiger partial charge < -0.3 is 15.8 Å². The summed E-state index contributed by atoms with van der Waals surface area (Å²) in [5, 5.41) is 17.2. The van der Waals surface area contributed by atoms with E-state index in [9.17, 15) is 0 Å². The van der Waals surface area contributed by atoms with Gasteiger partial charge in [0.25, 0.3) is 0 Å². The molecule has 64 valence electrons. The van der Waals surface area contributed by atoms with Gasteiger partial charge in [-0.3, -0.25) is 0 Å². The van der Waals surface area contributed by atoms with Crippen LogP contribution in [0.4, 0.5) is 0 Å². The molecular formula is C7H16BNO2. The Balaban J connectivity index is 2.08. The van der Waals surface area contributed by atoms with Gasteiger partial charge in [0.05, 0.1) is 0 Å². The lowest BCUT2D eigenvalue weighted by molar-refractivity contribution is 0.391. The number of hydrogen-bond acceptors (Lipinski definition) is 3. The van der Waals surface area contributed by atoms with Gasteiger partial charge in [0.15, 0.2) is 0 Å². The van der Waals surface area contributed by atoms with Crippen LogP contribution in [0.5, 0.6) is 0 Å². The second-order valence-corrected chi connectivity index (χ2v) is 3.50.